The van der Waals surface area contributed by atoms with Crippen molar-refractivity contribution in [1.29, 1.82) is 0 Å². The van der Waals surface area contributed by atoms with Crippen LogP contribution >= 0.6 is 0 Å². The standard InChI is InChI=1S/C25H30N2O3/c28-24(22-10-9-20-7-4-8-21(20)15-22)11-12-25(29)26-16-23-18-27(13-14-30-23)17-19-5-2-1-3-6-19/h1-3,5-6,9-10,15,23H,4,7-8,11-14,16-18H2,(H,26,29). The summed E-state index contributed by atoms with van der Waals surface area (Å²) in [6.07, 6.45) is 3.78. The molecule has 1 fully saturated rings. The van der Waals surface area contributed by atoms with Gasteiger partial charge in [-0.2, -0.15) is 0 Å². The van der Waals surface area contributed by atoms with Gasteiger partial charge in [0.05, 0.1) is 12.7 Å². The summed E-state index contributed by atoms with van der Waals surface area (Å²) in [4.78, 5) is 27.1. The largest absolute Gasteiger partial charge is 0.374 e. The average Bonchev–Trinajstić information content (AvgIpc) is 3.25. The minimum absolute atomic E-state index is 0.0150. The van der Waals surface area contributed by atoms with E-state index in [1.54, 1.807) is 0 Å². The van der Waals surface area contributed by atoms with Crippen molar-refractivity contribution < 1.29 is 14.3 Å². The van der Waals surface area contributed by atoms with Gasteiger partial charge < -0.3 is 10.1 Å². The molecular formula is C25H30N2O3. The van der Waals surface area contributed by atoms with Crippen molar-refractivity contribution in [1.82, 2.24) is 10.2 Å². The molecule has 2 aromatic carbocycles. The molecule has 158 valence electrons. The molecule has 1 aliphatic heterocycles. The third-order valence-corrected chi connectivity index (χ3v) is 6.00. The van der Waals surface area contributed by atoms with Crippen LogP contribution in [0.4, 0.5) is 0 Å². The second kappa shape index (κ2) is 10.0. The molecule has 2 aromatic rings. The molecule has 0 saturated carbocycles. The van der Waals surface area contributed by atoms with Gasteiger partial charge in [-0.1, -0.05) is 42.5 Å². The Morgan fingerprint density at radius 2 is 1.87 bits per heavy atom. The molecule has 5 heteroatoms. The number of rotatable bonds is 8. The molecule has 1 unspecified atom stereocenters. The van der Waals surface area contributed by atoms with E-state index in [1.165, 1.54) is 23.1 Å². The third kappa shape index (κ3) is 5.55. The first kappa shape index (κ1) is 20.8. The van der Waals surface area contributed by atoms with Crippen molar-refractivity contribution in [2.45, 2.75) is 44.8 Å². The third-order valence-electron chi connectivity index (χ3n) is 6.00. The Kier molecular flexibility index (Phi) is 6.92. The summed E-state index contributed by atoms with van der Waals surface area (Å²) in [5, 5.41) is 2.94. The van der Waals surface area contributed by atoms with Crippen molar-refractivity contribution >= 4 is 11.7 Å². The number of Topliss-reactive ketones (excluding diaryl/α,β-unsaturated/α-hetero) is 1. The van der Waals surface area contributed by atoms with Crippen molar-refractivity contribution in [3.05, 3.63) is 70.8 Å². The highest BCUT2D eigenvalue weighted by Crippen LogP contribution is 2.23. The van der Waals surface area contributed by atoms with Gasteiger partial charge in [-0.15, -0.1) is 0 Å². The first-order valence-electron chi connectivity index (χ1n) is 11.0. The lowest BCUT2D eigenvalue weighted by Crippen LogP contribution is -2.47. The van der Waals surface area contributed by atoms with E-state index in [-0.39, 0.29) is 30.6 Å². The number of aryl methyl sites for hydroxylation is 2. The maximum absolute atomic E-state index is 12.5. The van der Waals surface area contributed by atoms with E-state index in [1.807, 2.05) is 18.2 Å². The van der Waals surface area contributed by atoms with Gasteiger partial charge in [0.15, 0.2) is 5.78 Å². The topological polar surface area (TPSA) is 58.6 Å². The quantitative estimate of drug-likeness (QED) is 0.684. The molecule has 30 heavy (non-hydrogen) atoms. The van der Waals surface area contributed by atoms with E-state index in [4.69, 9.17) is 4.74 Å². The van der Waals surface area contributed by atoms with Gasteiger partial charge in [0.2, 0.25) is 5.91 Å². The van der Waals surface area contributed by atoms with Crippen LogP contribution in [0.2, 0.25) is 0 Å². The van der Waals surface area contributed by atoms with Crippen LogP contribution in [0.5, 0.6) is 0 Å². The molecule has 0 aromatic heterocycles. The molecule has 2 aliphatic rings. The van der Waals surface area contributed by atoms with Gasteiger partial charge in [0.25, 0.3) is 0 Å². The second-order valence-corrected chi connectivity index (χ2v) is 8.28. The molecule has 4 rings (SSSR count). The van der Waals surface area contributed by atoms with Gasteiger partial charge in [0.1, 0.15) is 0 Å². The monoisotopic (exact) mass is 406 g/mol. The molecule has 1 aliphatic carbocycles. The van der Waals surface area contributed by atoms with Crippen LogP contribution in [-0.4, -0.2) is 48.9 Å². The Balaban J connectivity index is 1.18. The van der Waals surface area contributed by atoms with Gasteiger partial charge in [-0.25, -0.2) is 0 Å². The van der Waals surface area contributed by atoms with Crippen LogP contribution < -0.4 is 5.32 Å². The molecule has 1 amide bonds. The molecule has 1 heterocycles. The number of ether oxygens (including phenoxy) is 1. The zero-order valence-corrected chi connectivity index (χ0v) is 17.4. The zero-order valence-electron chi connectivity index (χ0n) is 17.4. The summed E-state index contributed by atoms with van der Waals surface area (Å²) >= 11 is 0. The normalized spacial score (nSPS) is 18.7. The first-order chi connectivity index (χ1) is 14.7. The van der Waals surface area contributed by atoms with Gasteiger partial charge in [-0.3, -0.25) is 14.5 Å². The van der Waals surface area contributed by atoms with Crippen LogP contribution in [-0.2, 0) is 28.9 Å². The Morgan fingerprint density at radius 3 is 2.73 bits per heavy atom. The smallest absolute Gasteiger partial charge is 0.220 e. The minimum Gasteiger partial charge on any atom is -0.374 e. The lowest BCUT2D eigenvalue weighted by atomic mass is 10.0. The molecule has 1 atom stereocenters. The number of ketones is 1. The van der Waals surface area contributed by atoms with E-state index in [9.17, 15) is 9.59 Å². The maximum atomic E-state index is 12.5. The van der Waals surface area contributed by atoms with Gasteiger partial charge >= 0.3 is 0 Å². The Bertz CT molecular complexity index is 881. The Hall–Kier alpha value is -2.50. The molecule has 1 saturated heterocycles. The van der Waals surface area contributed by atoms with Gasteiger partial charge in [-0.05, 0) is 42.0 Å². The van der Waals surface area contributed by atoms with Crippen molar-refractivity contribution in [2.24, 2.45) is 0 Å². The van der Waals surface area contributed by atoms with E-state index < -0.39 is 0 Å². The molecule has 0 radical (unpaired) electrons. The van der Waals surface area contributed by atoms with Gasteiger partial charge in [0, 0.05) is 44.6 Å². The van der Waals surface area contributed by atoms with Crippen LogP contribution in [0.1, 0.15) is 46.3 Å². The predicted molar refractivity (Wildman–Crippen MR) is 117 cm³/mol. The molecule has 5 nitrogen and oxygen atoms in total. The van der Waals surface area contributed by atoms with E-state index in [0.29, 0.717) is 13.2 Å². The van der Waals surface area contributed by atoms with Crippen molar-refractivity contribution in [3.63, 3.8) is 0 Å². The SMILES string of the molecule is O=C(CCC(=O)c1ccc2c(c1)CCC2)NCC1CN(Cc2ccccc2)CCO1. The Morgan fingerprint density at radius 1 is 1.03 bits per heavy atom. The van der Waals surface area contributed by atoms with Crippen LogP contribution in [0, 0.1) is 0 Å². The van der Waals surface area contributed by atoms with Crippen molar-refractivity contribution in [2.75, 3.05) is 26.2 Å². The maximum Gasteiger partial charge on any atom is 0.220 e. The lowest BCUT2D eigenvalue weighted by molar-refractivity contribution is -0.122. The minimum atomic E-state index is -0.0895. The van der Waals surface area contributed by atoms with E-state index >= 15 is 0 Å². The predicted octanol–water partition coefficient (Wildman–Crippen LogP) is 3.16. The summed E-state index contributed by atoms with van der Waals surface area (Å²) in [6.45, 7) is 3.74. The van der Waals surface area contributed by atoms with E-state index in [0.717, 1.165) is 38.0 Å². The fourth-order valence-corrected chi connectivity index (χ4v) is 4.32. The van der Waals surface area contributed by atoms with Crippen LogP contribution in [0.25, 0.3) is 0 Å². The lowest BCUT2D eigenvalue weighted by Gasteiger charge is -2.33. The highest BCUT2D eigenvalue weighted by Gasteiger charge is 2.21. The molecule has 1 N–H and O–H groups in total. The summed E-state index contributed by atoms with van der Waals surface area (Å²) in [5.41, 5.74) is 4.67. The summed E-state index contributed by atoms with van der Waals surface area (Å²) in [7, 11) is 0. The summed E-state index contributed by atoms with van der Waals surface area (Å²) < 4.78 is 5.81. The number of hydrogen-bond donors (Lipinski definition) is 1. The fraction of sp³-hybridized carbons (Fsp3) is 0.440. The number of amides is 1. The number of carbonyl (C=O) groups is 2. The van der Waals surface area contributed by atoms with E-state index in [2.05, 4.69) is 40.5 Å². The second-order valence-electron chi connectivity index (χ2n) is 8.28. The number of nitrogens with one attached hydrogen (secondary N) is 1. The average molecular weight is 407 g/mol. The first-order valence-corrected chi connectivity index (χ1v) is 11.0. The molecular weight excluding hydrogens is 376 g/mol. The number of nitrogens with zero attached hydrogens (tertiary/aromatic N) is 1. The molecule has 0 bridgehead atoms. The highest BCUT2D eigenvalue weighted by atomic mass is 16.5. The fourth-order valence-electron chi connectivity index (χ4n) is 4.32. The number of morpholine rings is 1. The highest BCUT2D eigenvalue weighted by molar-refractivity contribution is 5.98. The number of fused-ring (bicyclic) bond motifs is 1. The number of benzene rings is 2. The Labute approximate surface area is 178 Å². The van der Waals surface area contributed by atoms with Crippen molar-refractivity contribution in [3.8, 4) is 0 Å². The van der Waals surface area contributed by atoms with Crippen LogP contribution in [0.3, 0.4) is 0 Å². The summed E-state index contributed by atoms with van der Waals surface area (Å²) in [5.74, 6) is -0.0453. The molecule has 0 spiro atoms. The number of hydrogen-bond acceptors (Lipinski definition) is 4. The number of carbonyl (C=O) groups excluding carboxylic acids is 2. The van der Waals surface area contributed by atoms with Crippen LogP contribution in [0.15, 0.2) is 48.5 Å². The zero-order chi connectivity index (χ0) is 20.8. The summed E-state index contributed by atoms with van der Waals surface area (Å²) in [6, 6.07) is 16.4.